The molecule has 0 aliphatic carbocycles. The van der Waals surface area contributed by atoms with Crippen LogP contribution >= 0.6 is 0 Å². The number of carbonyl (C=O) groups is 2. The first-order valence-corrected chi connectivity index (χ1v) is 8.16. The number of benzene rings is 2. The minimum Gasteiger partial charge on any atom is -0.410 e. The highest BCUT2D eigenvalue weighted by Crippen LogP contribution is 2.17. The number of nitrogens with one attached hydrogen (secondary N) is 1. The monoisotopic (exact) mass is 340 g/mol. The van der Waals surface area contributed by atoms with Crippen LogP contribution in [-0.2, 0) is 4.74 Å². The first kappa shape index (κ1) is 17.0. The summed E-state index contributed by atoms with van der Waals surface area (Å²) < 4.78 is 10.6. The van der Waals surface area contributed by atoms with Gasteiger partial charge in [0, 0.05) is 17.8 Å². The number of para-hydroxylation sites is 1. The zero-order valence-corrected chi connectivity index (χ0v) is 14.0. The summed E-state index contributed by atoms with van der Waals surface area (Å²) in [6.07, 6.45) is -0.601. The predicted octanol–water partition coefficient (Wildman–Crippen LogP) is 3.16. The van der Waals surface area contributed by atoms with Gasteiger partial charge < -0.3 is 14.4 Å². The van der Waals surface area contributed by atoms with E-state index < -0.39 is 6.09 Å². The average Bonchev–Trinajstić information content (AvgIpc) is 2.62. The van der Waals surface area contributed by atoms with Crippen LogP contribution in [0.4, 0.5) is 10.5 Å². The van der Waals surface area contributed by atoms with Gasteiger partial charge in [-0.1, -0.05) is 24.3 Å². The largest absolute Gasteiger partial charge is 0.417 e. The number of carbonyl (C=O) groups excluding carboxylic acids is 2. The van der Waals surface area contributed by atoms with Crippen LogP contribution in [-0.4, -0.2) is 42.7 Å². The summed E-state index contributed by atoms with van der Waals surface area (Å²) in [4.78, 5) is 26.4. The predicted molar refractivity (Wildman–Crippen MR) is 93.8 cm³/mol. The molecule has 6 nitrogen and oxygen atoms in total. The van der Waals surface area contributed by atoms with Crippen LogP contribution in [0.2, 0.25) is 0 Å². The summed E-state index contributed by atoms with van der Waals surface area (Å²) in [6, 6.07) is 15.7. The Labute approximate surface area is 146 Å². The van der Waals surface area contributed by atoms with Gasteiger partial charge in [0.1, 0.15) is 5.75 Å². The van der Waals surface area contributed by atoms with Crippen LogP contribution in [0.5, 0.6) is 5.75 Å². The van der Waals surface area contributed by atoms with E-state index in [-0.39, 0.29) is 11.9 Å². The van der Waals surface area contributed by atoms with Gasteiger partial charge in [0.05, 0.1) is 19.3 Å². The number of nitrogens with zero attached hydrogens (tertiary/aromatic N) is 1. The fraction of sp³-hybridized carbons (Fsp3) is 0.263. The van der Waals surface area contributed by atoms with Gasteiger partial charge in [-0.25, -0.2) is 4.79 Å². The van der Waals surface area contributed by atoms with Gasteiger partial charge >= 0.3 is 6.09 Å². The van der Waals surface area contributed by atoms with Crippen LogP contribution in [0, 0.1) is 0 Å². The van der Waals surface area contributed by atoms with Crippen molar-refractivity contribution in [3.05, 3.63) is 60.2 Å². The second-order valence-corrected chi connectivity index (χ2v) is 5.83. The van der Waals surface area contributed by atoms with Gasteiger partial charge in [-0.05, 0) is 37.3 Å². The Bertz CT molecular complexity index is 748. The molecule has 1 unspecified atom stereocenters. The Morgan fingerprint density at radius 1 is 1.16 bits per heavy atom. The highest BCUT2D eigenvalue weighted by Gasteiger charge is 2.24. The van der Waals surface area contributed by atoms with Gasteiger partial charge in [0.2, 0.25) is 0 Å². The SMILES string of the molecule is CC1COCCN1C(=O)c1cccc(NC(=O)Oc2ccccc2)c1. The lowest BCUT2D eigenvalue weighted by Gasteiger charge is -2.33. The first-order chi connectivity index (χ1) is 12.1. The molecular weight excluding hydrogens is 320 g/mol. The maximum atomic E-state index is 12.7. The number of amides is 2. The van der Waals surface area contributed by atoms with Crippen LogP contribution in [0.1, 0.15) is 17.3 Å². The molecule has 1 fully saturated rings. The van der Waals surface area contributed by atoms with Gasteiger partial charge in [0.25, 0.3) is 5.91 Å². The molecule has 130 valence electrons. The molecule has 0 saturated carbocycles. The Kier molecular flexibility index (Phi) is 5.30. The van der Waals surface area contributed by atoms with Gasteiger partial charge in [-0.2, -0.15) is 0 Å². The highest BCUT2D eigenvalue weighted by molar-refractivity contribution is 5.96. The van der Waals surface area contributed by atoms with Crippen molar-refractivity contribution in [1.29, 1.82) is 0 Å². The van der Waals surface area contributed by atoms with Gasteiger partial charge in [-0.3, -0.25) is 10.1 Å². The molecule has 1 aliphatic heterocycles. The quantitative estimate of drug-likeness (QED) is 0.932. The van der Waals surface area contributed by atoms with Crippen molar-refractivity contribution in [2.24, 2.45) is 0 Å². The van der Waals surface area contributed by atoms with E-state index in [1.807, 2.05) is 13.0 Å². The lowest BCUT2D eigenvalue weighted by Crippen LogP contribution is -2.47. The number of anilines is 1. The lowest BCUT2D eigenvalue weighted by atomic mass is 10.1. The van der Waals surface area contributed by atoms with E-state index in [0.29, 0.717) is 36.8 Å². The van der Waals surface area contributed by atoms with Crippen molar-refractivity contribution in [2.75, 3.05) is 25.1 Å². The topological polar surface area (TPSA) is 67.9 Å². The van der Waals surface area contributed by atoms with Crippen LogP contribution < -0.4 is 10.1 Å². The van der Waals surface area contributed by atoms with Crippen molar-refractivity contribution in [3.8, 4) is 5.75 Å². The van der Waals surface area contributed by atoms with E-state index in [9.17, 15) is 9.59 Å². The lowest BCUT2D eigenvalue weighted by molar-refractivity contribution is 0.00359. The summed E-state index contributed by atoms with van der Waals surface area (Å²) in [5.74, 6) is 0.380. The summed E-state index contributed by atoms with van der Waals surface area (Å²) in [7, 11) is 0. The van der Waals surface area contributed by atoms with E-state index in [2.05, 4.69) is 5.32 Å². The van der Waals surface area contributed by atoms with E-state index in [1.165, 1.54) is 0 Å². The molecule has 3 rings (SSSR count). The molecule has 0 aromatic heterocycles. The summed E-state index contributed by atoms with van der Waals surface area (Å²) in [6.45, 7) is 3.59. The second-order valence-electron chi connectivity index (χ2n) is 5.83. The molecule has 6 heteroatoms. The van der Waals surface area contributed by atoms with Gasteiger partial charge in [0.15, 0.2) is 0 Å². The average molecular weight is 340 g/mol. The standard InChI is InChI=1S/C19H20N2O4/c1-14-13-24-11-10-21(14)18(22)15-6-5-7-16(12-15)20-19(23)25-17-8-3-2-4-9-17/h2-9,12,14H,10-11,13H2,1H3,(H,20,23). The number of morpholine rings is 1. The molecule has 1 heterocycles. The minimum absolute atomic E-state index is 0.0286. The Hall–Kier alpha value is -2.86. The maximum absolute atomic E-state index is 12.7. The van der Waals surface area contributed by atoms with Gasteiger partial charge in [-0.15, -0.1) is 0 Å². The third-order valence-electron chi connectivity index (χ3n) is 3.94. The van der Waals surface area contributed by atoms with Crippen molar-refractivity contribution < 1.29 is 19.1 Å². The van der Waals surface area contributed by atoms with E-state index in [4.69, 9.17) is 9.47 Å². The second kappa shape index (κ2) is 7.81. The Morgan fingerprint density at radius 2 is 1.96 bits per heavy atom. The number of ether oxygens (including phenoxy) is 2. The molecule has 0 spiro atoms. The number of rotatable bonds is 3. The maximum Gasteiger partial charge on any atom is 0.417 e. The first-order valence-electron chi connectivity index (χ1n) is 8.16. The molecule has 0 bridgehead atoms. The van der Waals surface area contributed by atoms with E-state index in [0.717, 1.165) is 0 Å². The molecule has 2 aromatic carbocycles. The smallest absolute Gasteiger partial charge is 0.410 e. The van der Waals surface area contributed by atoms with E-state index >= 15 is 0 Å². The fourth-order valence-electron chi connectivity index (χ4n) is 2.66. The Balaban J connectivity index is 1.66. The van der Waals surface area contributed by atoms with Crippen molar-refractivity contribution in [2.45, 2.75) is 13.0 Å². The third-order valence-corrected chi connectivity index (χ3v) is 3.94. The molecule has 1 N–H and O–H groups in total. The minimum atomic E-state index is -0.601. The van der Waals surface area contributed by atoms with E-state index in [1.54, 1.807) is 53.4 Å². The fourth-order valence-corrected chi connectivity index (χ4v) is 2.66. The molecule has 25 heavy (non-hydrogen) atoms. The summed E-state index contributed by atoms with van der Waals surface area (Å²) in [5.41, 5.74) is 1.03. The Morgan fingerprint density at radius 3 is 2.72 bits per heavy atom. The molecule has 2 aromatic rings. The zero-order chi connectivity index (χ0) is 17.6. The molecule has 0 radical (unpaired) electrons. The summed E-state index contributed by atoms with van der Waals surface area (Å²) >= 11 is 0. The van der Waals surface area contributed by atoms with Crippen LogP contribution in [0.25, 0.3) is 0 Å². The zero-order valence-electron chi connectivity index (χ0n) is 14.0. The molecule has 2 amide bonds. The highest BCUT2D eigenvalue weighted by atomic mass is 16.6. The number of hydrogen-bond acceptors (Lipinski definition) is 4. The number of hydrogen-bond donors (Lipinski definition) is 1. The molecule has 1 saturated heterocycles. The van der Waals surface area contributed by atoms with Crippen molar-refractivity contribution in [3.63, 3.8) is 0 Å². The van der Waals surface area contributed by atoms with Crippen LogP contribution in [0.3, 0.4) is 0 Å². The molecule has 1 atom stereocenters. The normalized spacial score (nSPS) is 17.0. The molecule has 1 aliphatic rings. The van der Waals surface area contributed by atoms with Crippen LogP contribution in [0.15, 0.2) is 54.6 Å². The van der Waals surface area contributed by atoms with Crippen molar-refractivity contribution >= 4 is 17.7 Å². The van der Waals surface area contributed by atoms with Crippen molar-refractivity contribution in [1.82, 2.24) is 4.90 Å². The third kappa shape index (κ3) is 4.36. The molecular formula is C19H20N2O4. The summed E-state index contributed by atoms with van der Waals surface area (Å²) in [5, 5.41) is 2.64.